The van der Waals surface area contributed by atoms with Gasteiger partial charge in [-0.3, -0.25) is 9.48 Å². The lowest BCUT2D eigenvalue weighted by Crippen LogP contribution is -2.16. The first-order valence-electron chi connectivity index (χ1n) is 7.74. The zero-order chi connectivity index (χ0) is 18.4. The SMILES string of the molecule is Cc1nc(NC(=O)CCn2nc(C(F)(F)F)c(Br)c2C2CC2)sc1C. The lowest BCUT2D eigenvalue weighted by molar-refractivity contribution is -0.142. The summed E-state index contributed by atoms with van der Waals surface area (Å²) in [5.41, 5.74) is 0.448. The summed E-state index contributed by atoms with van der Waals surface area (Å²) in [6.45, 7) is 3.85. The molecule has 1 N–H and O–H groups in total. The molecule has 0 aliphatic heterocycles. The van der Waals surface area contributed by atoms with E-state index >= 15 is 0 Å². The van der Waals surface area contributed by atoms with Gasteiger partial charge in [0.1, 0.15) is 0 Å². The Kier molecular flexibility index (Phi) is 4.93. The number of alkyl halides is 3. The van der Waals surface area contributed by atoms with Crippen LogP contribution in [0.5, 0.6) is 0 Å². The first kappa shape index (κ1) is 18.4. The lowest BCUT2D eigenvalue weighted by atomic mass is 10.2. The number of carbonyl (C=O) groups is 1. The van der Waals surface area contributed by atoms with Gasteiger partial charge in [-0.2, -0.15) is 18.3 Å². The number of aryl methyl sites for hydroxylation is 3. The minimum atomic E-state index is -4.52. The number of thiazole rings is 1. The molecule has 2 aromatic heterocycles. The first-order chi connectivity index (χ1) is 11.7. The standard InChI is InChI=1S/C15H16BrF3N4OS/c1-7-8(2)25-14(20-7)21-10(24)5-6-23-12(9-3-4-9)11(16)13(22-23)15(17,18)19/h9H,3-6H2,1-2H3,(H,20,21,24). The molecule has 10 heteroatoms. The molecule has 0 saturated heterocycles. The summed E-state index contributed by atoms with van der Waals surface area (Å²) in [7, 11) is 0. The summed E-state index contributed by atoms with van der Waals surface area (Å²) in [4.78, 5) is 17.3. The lowest BCUT2D eigenvalue weighted by Gasteiger charge is -2.07. The largest absolute Gasteiger partial charge is 0.436 e. The molecule has 0 radical (unpaired) electrons. The van der Waals surface area contributed by atoms with Gasteiger partial charge in [0.25, 0.3) is 0 Å². The molecule has 136 valence electrons. The molecule has 1 amide bonds. The number of rotatable bonds is 5. The fourth-order valence-electron chi connectivity index (χ4n) is 2.47. The average molecular weight is 437 g/mol. The summed E-state index contributed by atoms with van der Waals surface area (Å²) in [6, 6.07) is 0. The maximum Gasteiger partial charge on any atom is 0.436 e. The topological polar surface area (TPSA) is 59.8 Å². The second-order valence-electron chi connectivity index (χ2n) is 6.00. The molecule has 1 aliphatic carbocycles. The Labute approximate surface area is 154 Å². The van der Waals surface area contributed by atoms with Crippen LogP contribution < -0.4 is 5.32 Å². The molecule has 1 fully saturated rings. The average Bonchev–Trinajstić information content (AvgIpc) is 3.20. The summed E-state index contributed by atoms with van der Waals surface area (Å²) in [6.07, 6.45) is -2.81. The summed E-state index contributed by atoms with van der Waals surface area (Å²) in [5, 5.41) is 6.87. The Balaban J connectivity index is 1.71. The van der Waals surface area contributed by atoms with Crippen molar-refractivity contribution in [2.24, 2.45) is 0 Å². The van der Waals surface area contributed by atoms with Crippen LogP contribution in [0.1, 0.15) is 47.1 Å². The quantitative estimate of drug-likeness (QED) is 0.742. The molecule has 1 saturated carbocycles. The van der Waals surface area contributed by atoms with Gasteiger partial charge in [0.2, 0.25) is 5.91 Å². The van der Waals surface area contributed by atoms with Crippen molar-refractivity contribution in [3.05, 3.63) is 26.4 Å². The van der Waals surface area contributed by atoms with E-state index in [2.05, 4.69) is 31.3 Å². The molecule has 0 bridgehead atoms. The number of aromatic nitrogens is 3. The molecular weight excluding hydrogens is 421 g/mol. The van der Waals surface area contributed by atoms with Crippen molar-refractivity contribution in [3.63, 3.8) is 0 Å². The third-order valence-electron chi connectivity index (χ3n) is 3.99. The Morgan fingerprint density at radius 3 is 2.60 bits per heavy atom. The van der Waals surface area contributed by atoms with E-state index in [1.54, 1.807) is 0 Å². The number of nitrogens with zero attached hydrogens (tertiary/aromatic N) is 3. The van der Waals surface area contributed by atoms with Crippen molar-refractivity contribution in [1.82, 2.24) is 14.8 Å². The molecular formula is C15H16BrF3N4OS. The number of anilines is 1. The van der Waals surface area contributed by atoms with Crippen LogP contribution >= 0.6 is 27.3 Å². The van der Waals surface area contributed by atoms with Crippen LogP contribution in [-0.2, 0) is 17.5 Å². The predicted octanol–water partition coefficient (Wildman–Crippen LogP) is 4.64. The van der Waals surface area contributed by atoms with Gasteiger partial charge >= 0.3 is 6.18 Å². The maximum absolute atomic E-state index is 13.1. The number of nitrogens with one attached hydrogen (secondary N) is 1. The molecule has 1 aliphatic rings. The van der Waals surface area contributed by atoms with Gasteiger partial charge in [-0.05, 0) is 42.6 Å². The number of carbonyl (C=O) groups excluding carboxylic acids is 1. The minimum absolute atomic E-state index is 0.00548. The van der Waals surface area contributed by atoms with Crippen LogP contribution in [-0.4, -0.2) is 20.7 Å². The minimum Gasteiger partial charge on any atom is -0.302 e. The van der Waals surface area contributed by atoms with Gasteiger partial charge in [-0.15, -0.1) is 11.3 Å². The van der Waals surface area contributed by atoms with Crippen molar-refractivity contribution in [1.29, 1.82) is 0 Å². The van der Waals surface area contributed by atoms with Crippen LogP contribution in [0.3, 0.4) is 0 Å². The highest BCUT2D eigenvalue weighted by Gasteiger charge is 2.41. The van der Waals surface area contributed by atoms with E-state index in [9.17, 15) is 18.0 Å². The molecule has 0 unspecified atom stereocenters. The first-order valence-corrected chi connectivity index (χ1v) is 9.35. The van der Waals surface area contributed by atoms with E-state index < -0.39 is 11.9 Å². The van der Waals surface area contributed by atoms with Gasteiger partial charge in [-0.1, -0.05) is 0 Å². The normalized spacial score (nSPS) is 14.8. The van der Waals surface area contributed by atoms with Crippen LogP contribution in [0.15, 0.2) is 4.47 Å². The Morgan fingerprint density at radius 1 is 1.40 bits per heavy atom. The summed E-state index contributed by atoms with van der Waals surface area (Å²) >= 11 is 4.41. The fraction of sp³-hybridized carbons (Fsp3) is 0.533. The number of amides is 1. The highest BCUT2D eigenvalue weighted by Crippen LogP contribution is 2.47. The second kappa shape index (κ2) is 6.71. The van der Waals surface area contributed by atoms with Crippen LogP contribution in [0.2, 0.25) is 0 Å². The van der Waals surface area contributed by atoms with Gasteiger partial charge in [-0.25, -0.2) is 4.98 Å². The molecule has 25 heavy (non-hydrogen) atoms. The van der Waals surface area contributed by atoms with E-state index in [-0.39, 0.29) is 29.3 Å². The molecule has 0 spiro atoms. The van der Waals surface area contributed by atoms with Gasteiger partial charge in [0, 0.05) is 17.2 Å². The fourth-order valence-corrected chi connectivity index (χ4v) is 4.13. The second-order valence-corrected chi connectivity index (χ2v) is 8.00. The molecule has 0 aromatic carbocycles. The number of halogens is 4. The van der Waals surface area contributed by atoms with Crippen LogP contribution in [0, 0.1) is 13.8 Å². The van der Waals surface area contributed by atoms with Crippen LogP contribution in [0.4, 0.5) is 18.3 Å². The summed E-state index contributed by atoms with van der Waals surface area (Å²) in [5.74, 6) is -0.221. The maximum atomic E-state index is 13.1. The van der Waals surface area contributed by atoms with Crippen molar-refractivity contribution in [2.75, 3.05) is 5.32 Å². The monoisotopic (exact) mass is 436 g/mol. The van der Waals surface area contributed by atoms with E-state index in [1.165, 1.54) is 16.0 Å². The van der Waals surface area contributed by atoms with Gasteiger partial charge in [0.05, 0.1) is 22.4 Å². The molecule has 5 nitrogen and oxygen atoms in total. The van der Waals surface area contributed by atoms with Gasteiger partial charge < -0.3 is 5.32 Å². The predicted molar refractivity (Wildman–Crippen MR) is 91.7 cm³/mol. The zero-order valence-electron chi connectivity index (χ0n) is 13.6. The Hall–Kier alpha value is -1.42. The Bertz CT molecular complexity index is 791. The van der Waals surface area contributed by atoms with Crippen molar-refractivity contribution in [3.8, 4) is 0 Å². The number of hydrogen-bond donors (Lipinski definition) is 1. The van der Waals surface area contributed by atoms with E-state index in [0.29, 0.717) is 10.8 Å². The smallest absolute Gasteiger partial charge is 0.302 e. The van der Waals surface area contributed by atoms with Crippen LogP contribution in [0.25, 0.3) is 0 Å². The third kappa shape index (κ3) is 4.05. The van der Waals surface area contributed by atoms with E-state index in [0.717, 1.165) is 23.4 Å². The van der Waals surface area contributed by atoms with E-state index in [1.807, 2.05) is 13.8 Å². The van der Waals surface area contributed by atoms with Crippen molar-refractivity contribution in [2.45, 2.75) is 51.7 Å². The number of hydrogen-bond acceptors (Lipinski definition) is 4. The van der Waals surface area contributed by atoms with Gasteiger partial charge in [0.15, 0.2) is 10.8 Å². The molecule has 3 rings (SSSR count). The highest BCUT2D eigenvalue weighted by atomic mass is 79.9. The zero-order valence-corrected chi connectivity index (χ0v) is 16.0. The third-order valence-corrected chi connectivity index (χ3v) is 5.76. The molecule has 0 atom stereocenters. The molecule has 2 heterocycles. The molecule has 2 aromatic rings. The highest BCUT2D eigenvalue weighted by molar-refractivity contribution is 9.10. The Morgan fingerprint density at radius 2 is 2.08 bits per heavy atom. The van der Waals surface area contributed by atoms with Crippen molar-refractivity contribution >= 4 is 38.3 Å². The van der Waals surface area contributed by atoms with E-state index in [4.69, 9.17) is 0 Å². The summed E-state index contributed by atoms with van der Waals surface area (Å²) < 4.78 is 40.5. The van der Waals surface area contributed by atoms with Crippen molar-refractivity contribution < 1.29 is 18.0 Å².